The molecule has 0 amide bonds. The molecule has 2 aromatic heterocycles. The number of rotatable bonds is 3. The Bertz CT molecular complexity index is 720. The average molecular weight is 256 g/mol. The summed E-state index contributed by atoms with van der Waals surface area (Å²) >= 11 is 0. The summed E-state index contributed by atoms with van der Waals surface area (Å²) in [6.07, 6.45) is 1.31. The van der Waals surface area contributed by atoms with Crippen LogP contribution in [0.25, 0.3) is 5.65 Å². The lowest BCUT2D eigenvalue weighted by Gasteiger charge is -2.02. The minimum Gasteiger partial charge on any atom is -0.349 e. The van der Waals surface area contributed by atoms with E-state index < -0.39 is 0 Å². The van der Waals surface area contributed by atoms with Crippen LogP contribution < -0.4 is 5.32 Å². The van der Waals surface area contributed by atoms with Gasteiger partial charge in [0.15, 0.2) is 5.65 Å². The third-order valence-corrected chi connectivity index (χ3v) is 2.83. The molecule has 0 spiro atoms. The van der Waals surface area contributed by atoms with Crippen LogP contribution in [0.2, 0.25) is 0 Å². The van der Waals surface area contributed by atoms with Gasteiger partial charge in [-0.1, -0.05) is 29.8 Å². The van der Waals surface area contributed by atoms with Gasteiger partial charge in [-0.25, -0.2) is 8.91 Å². The van der Waals surface area contributed by atoms with Crippen molar-refractivity contribution in [2.75, 3.05) is 5.32 Å². The number of hydrogen-bond acceptors (Lipinski definition) is 3. The minimum atomic E-state index is -0.331. The highest BCUT2D eigenvalue weighted by molar-refractivity contribution is 5.43. The second kappa shape index (κ2) is 4.68. The molecule has 3 aromatic rings. The number of nitrogens with zero attached hydrogens (tertiary/aromatic N) is 3. The molecule has 1 N–H and O–H groups in total. The Morgan fingerprint density at radius 1 is 1.26 bits per heavy atom. The minimum absolute atomic E-state index is 0.331. The highest BCUT2D eigenvalue weighted by Gasteiger charge is 2.03. The molecular formula is C14H13FN4. The smallest absolute Gasteiger partial charge is 0.243 e. The summed E-state index contributed by atoms with van der Waals surface area (Å²) < 4.78 is 14.5. The highest BCUT2D eigenvalue weighted by atomic mass is 19.1. The van der Waals surface area contributed by atoms with Crippen LogP contribution in [0.4, 0.5) is 10.3 Å². The van der Waals surface area contributed by atoms with E-state index in [0.717, 1.165) is 5.56 Å². The molecule has 0 aliphatic rings. The van der Waals surface area contributed by atoms with Crippen molar-refractivity contribution in [3.8, 4) is 0 Å². The number of aromatic nitrogens is 3. The number of aryl methyl sites for hydroxylation is 1. The van der Waals surface area contributed by atoms with Crippen molar-refractivity contribution in [3.05, 3.63) is 59.5 Å². The number of fused-ring (bicyclic) bond motifs is 1. The first-order valence-electron chi connectivity index (χ1n) is 6.02. The second-order valence-electron chi connectivity index (χ2n) is 4.43. The van der Waals surface area contributed by atoms with Gasteiger partial charge in [0.05, 0.1) is 6.20 Å². The normalized spacial score (nSPS) is 10.8. The maximum absolute atomic E-state index is 13.0. The average Bonchev–Trinajstić information content (AvgIpc) is 2.78. The predicted octanol–water partition coefficient (Wildman–Crippen LogP) is 2.79. The monoisotopic (exact) mass is 256 g/mol. The van der Waals surface area contributed by atoms with Crippen molar-refractivity contribution in [2.24, 2.45) is 0 Å². The van der Waals surface area contributed by atoms with Crippen LogP contribution >= 0.6 is 0 Å². The highest BCUT2D eigenvalue weighted by Crippen LogP contribution is 2.09. The van der Waals surface area contributed by atoms with Crippen molar-refractivity contribution in [1.82, 2.24) is 14.6 Å². The molecule has 5 heteroatoms. The van der Waals surface area contributed by atoms with E-state index in [-0.39, 0.29) is 5.82 Å². The summed E-state index contributed by atoms with van der Waals surface area (Å²) in [7, 11) is 0. The lowest BCUT2D eigenvalue weighted by Crippen LogP contribution is -2.01. The molecule has 2 heterocycles. The molecule has 96 valence electrons. The molecule has 0 bridgehead atoms. The molecule has 4 nitrogen and oxygen atoms in total. The zero-order chi connectivity index (χ0) is 13.2. The lowest BCUT2D eigenvalue weighted by molar-refractivity contribution is 0.615. The van der Waals surface area contributed by atoms with Gasteiger partial charge in [0.1, 0.15) is 5.82 Å². The van der Waals surface area contributed by atoms with E-state index in [1.807, 2.05) is 12.1 Å². The molecule has 1 aromatic carbocycles. The third kappa shape index (κ3) is 2.54. The van der Waals surface area contributed by atoms with Gasteiger partial charge in [-0.15, -0.1) is 5.10 Å². The van der Waals surface area contributed by atoms with Crippen molar-refractivity contribution < 1.29 is 4.39 Å². The van der Waals surface area contributed by atoms with E-state index in [0.29, 0.717) is 18.1 Å². The first kappa shape index (κ1) is 11.6. The molecule has 0 aliphatic heterocycles. The molecule has 0 aliphatic carbocycles. The summed E-state index contributed by atoms with van der Waals surface area (Å²) in [5.74, 6) is 0.162. The van der Waals surface area contributed by atoms with E-state index in [2.05, 4.69) is 34.5 Å². The Kier molecular flexibility index (Phi) is 2.87. The summed E-state index contributed by atoms with van der Waals surface area (Å²) in [4.78, 5) is 4.27. The third-order valence-electron chi connectivity index (χ3n) is 2.83. The van der Waals surface area contributed by atoms with E-state index in [4.69, 9.17) is 0 Å². The summed E-state index contributed by atoms with van der Waals surface area (Å²) in [6, 6.07) is 11.2. The van der Waals surface area contributed by atoms with Crippen LogP contribution in [-0.4, -0.2) is 14.6 Å². The Morgan fingerprint density at radius 3 is 3.00 bits per heavy atom. The van der Waals surface area contributed by atoms with Crippen LogP contribution in [-0.2, 0) is 6.54 Å². The Labute approximate surface area is 109 Å². The molecule has 0 atom stereocenters. The lowest BCUT2D eigenvalue weighted by atomic mass is 10.1. The van der Waals surface area contributed by atoms with Crippen molar-refractivity contribution in [2.45, 2.75) is 13.5 Å². The van der Waals surface area contributed by atoms with E-state index >= 15 is 0 Å². The molecular weight excluding hydrogens is 243 g/mol. The summed E-state index contributed by atoms with van der Waals surface area (Å²) in [5, 5.41) is 7.30. The number of pyridine rings is 1. The first-order chi connectivity index (χ1) is 9.20. The number of hydrogen-bond donors (Lipinski definition) is 1. The van der Waals surface area contributed by atoms with Crippen LogP contribution in [0.5, 0.6) is 0 Å². The largest absolute Gasteiger partial charge is 0.349 e. The molecule has 3 rings (SSSR count). The standard InChI is InChI=1S/C14H13FN4/c1-10-3-2-4-11(7-10)8-16-14-17-13-6-5-12(15)9-19(13)18-14/h2-7,9H,8H2,1H3,(H,16,18). The topological polar surface area (TPSA) is 42.2 Å². The van der Waals surface area contributed by atoms with Gasteiger partial charge in [-0.2, -0.15) is 4.98 Å². The van der Waals surface area contributed by atoms with Gasteiger partial charge in [0.2, 0.25) is 5.95 Å². The zero-order valence-corrected chi connectivity index (χ0v) is 10.5. The molecule has 0 radical (unpaired) electrons. The number of anilines is 1. The fourth-order valence-corrected chi connectivity index (χ4v) is 1.94. The summed E-state index contributed by atoms with van der Waals surface area (Å²) in [5.41, 5.74) is 2.99. The van der Waals surface area contributed by atoms with Crippen molar-refractivity contribution in [3.63, 3.8) is 0 Å². The van der Waals surface area contributed by atoms with Crippen LogP contribution in [0, 0.1) is 12.7 Å². The number of nitrogens with one attached hydrogen (secondary N) is 1. The quantitative estimate of drug-likeness (QED) is 0.783. The number of benzene rings is 1. The Morgan fingerprint density at radius 2 is 2.16 bits per heavy atom. The fraction of sp³-hybridized carbons (Fsp3) is 0.143. The van der Waals surface area contributed by atoms with Crippen LogP contribution in [0.3, 0.4) is 0 Å². The maximum Gasteiger partial charge on any atom is 0.243 e. The van der Waals surface area contributed by atoms with Gasteiger partial charge in [0.25, 0.3) is 0 Å². The Balaban J connectivity index is 1.78. The maximum atomic E-state index is 13.0. The van der Waals surface area contributed by atoms with E-state index in [1.54, 1.807) is 6.07 Å². The molecule has 0 fully saturated rings. The molecule has 0 saturated carbocycles. The van der Waals surface area contributed by atoms with Gasteiger partial charge >= 0.3 is 0 Å². The van der Waals surface area contributed by atoms with Crippen LogP contribution in [0.1, 0.15) is 11.1 Å². The molecule has 0 unspecified atom stereocenters. The summed E-state index contributed by atoms with van der Waals surface area (Å²) in [6.45, 7) is 2.69. The van der Waals surface area contributed by atoms with Crippen molar-refractivity contribution >= 4 is 11.6 Å². The fourth-order valence-electron chi connectivity index (χ4n) is 1.94. The molecule has 19 heavy (non-hydrogen) atoms. The van der Waals surface area contributed by atoms with Gasteiger partial charge in [0, 0.05) is 6.54 Å². The SMILES string of the molecule is Cc1cccc(CNc2nc3ccc(F)cn3n2)c1. The first-order valence-corrected chi connectivity index (χ1v) is 6.02. The van der Waals surface area contributed by atoms with Gasteiger partial charge < -0.3 is 5.32 Å². The van der Waals surface area contributed by atoms with Crippen molar-refractivity contribution in [1.29, 1.82) is 0 Å². The van der Waals surface area contributed by atoms with E-state index in [9.17, 15) is 4.39 Å². The van der Waals surface area contributed by atoms with E-state index in [1.165, 1.54) is 22.3 Å². The van der Waals surface area contributed by atoms with Crippen LogP contribution in [0.15, 0.2) is 42.6 Å². The predicted molar refractivity (Wildman–Crippen MR) is 71.5 cm³/mol. The number of halogens is 1. The van der Waals surface area contributed by atoms with Gasteiger partial charge in [-0.3, -0.25) is 0 Å². The Hall–Kier alpha value is -2.43. The zero-order valence-electron chi connectivity index (χ0n) is 10.5. The van der Waals surface area contributed by atoms with Gasteiger partial charge in [-0.05, 0) is 24.6 Å². The second-order valence-corrected chi connectivity index (χ2v) is 4.43. The molecule has 0 saturated heterocycles.